The number of ether oxygens (including phenoxy) is 1. The van der Waals surface area contributed by atoms with Gasteiger partial charge in [-0.3, -0.25) is 0 Å². The maximum atomic E-state index is 12.1. The molecule has 0 spiro atoms. The van der Waals surface area contributed by atoms with Crippen LogP contribution in [0, 0.1) is 0 Å². The summed E-state index contributed by atoms with van der Waals surface area (Å²) in [5.41, 5.74) is 1.56. The Bertz CT molecular complexity index is 687. The van der Waals surface area contributed by atoms with E-state index < -0.39 is 9.84 Å². The Balaban J connectivity index is 1.69. The zero-order valence-electron chi connectivity index (χ0n) is 11.6. The van der Waals surface area contributed by atoms with Crippen LogP contribution in [-0.2, 0) is 20.3 Å². The van der Waals surface area contributed by atoms with E-state index in [-0.39, 0.29) is 17.6 Å². The minimum atomic E-state index is -3.25. The van der Waals surface area contributed by atoms with E-state index >= 15 is 0 Å². The summed E-state index contributed by atoms with van der Waals surface area (Å²) in [4.78, 5) is 0. The Kier molecular flexibility index (Phi) is 4.07. The Labute approximate surface area is 123 Å². The fraction of sp³-hybridized carbons (Fsp3) is 0.400. The molecular formula is C15H17NO4S. The quantitative estimate of drug-likeness (QED) is 0.848. The highest BCUT2D eigenvalue weighted by molar-refractivity contribution is 7.90. The van der Waals surface area contributed by atoms with E-state index in [0.717, 1.165) is 18.4 Å². The molecule has 0 bridgehead atoms. The molecule has 2 aromatic rings. The number of hydrogen-bond donors (Lipinski definition) is 0. The van der Waals surface area contributed by atoms with E-state index in [1.165, 1.54) is 0 Å². The SMILES string of the molecule is O=S(=O)(Cc1cc(-c2ccccc2)no1)C[C@H]1CCCO1. The average Bonchev–Trinajstić information content (AvgIpc) is 3.10. The molecule has 1 aliphatic rings. The molecule has 0 unspecified atom stereocenters. The number of benzene rings is 1. The molecule has 1 aliphatic heterocycles. The first-order valence-corrected chi connectivity index (χ1v) is 8.77. The van der Waals surface area contributed by atoms with Gasteiger partial charge in [0, 0.05) is 18.2 Å². The minimum Gasteiger partial charge on any atom is -0.377 e. The van der Waals surface area contributed by atoms with Crippen molar-refractivity contribution in [2.75, 3.05) is 12.4 Å². The Morgan fingerprint density at radius 2 is 2.05 bits per heavy atom. The lowest BCUT2D eigenvalue weighted by molar-refractivity contribution is 0.127. The third-order valence-electron chi connectivity index (χ3n) is 3.45. The van der Waals surface area contributed by atoms with Gasteiger partial charge in [-0.05, 0) is 12.8 Å². The fourth-order valence-corrected chi connectivity index (χ4v) is 3.98. The van der Waals surface area contributed by atoms with Crippen LogP contribution in [0.25, 0.3) is 11.3 Å². The third kappa shape index (κ3) is 3.71. The molecule has 1 atom stereocenters. The standard InChI is InChI=1S/C15H17NO4S/c17-21(18,10-13-7-4-8-19-13)11-14-9-15(16-20-14)12-5-2-1-3-6-12/h1-3,5-6,9,13H,4,7-8,10-11H2/t13-/m1/s1. The first kappa shape index (κ1) is 14.3. The zero-order valence-corrected chi connectivity index (χ0v) is 12.4. The number of sulfone groups is 1. The van der Waals surface area contributed by atoms with E-state index in [4.69, 9.17) is 9.26 Å². The smallest absolute Gasteiger partial charge is 0.160 e. The van der Waals surface area contributed by atoms with Gasteiger partial charge in [-0.2, -0.15) is 0 Å². The first-order valence-electron chi connectivity index (χ1n) is 6.95. The van der Waals surface area contributed by atoms with Gasteiger partial charge in [0.2, 0.25) is 0 Å². The van der Waals surface area contributed by atoms with Crippen molar-refractivity contribution in [3.05, 3.63) is 42.2 Å². The van der Waals surface area contributed by atoms with Crippen molar-refractivity contribution >= 4 is 9.84 Å². The van der Waals surface area contributed by atoms with Gasteiger partial charge in [-0.1, -0.05) is 35.5 Å². The first-order chi connectivity index (χ1) is 10.1. The van der Waals surface area contributed by atoms with Gasteiger partial charge in [-0.25, -0.2) is 8.42 Å². The van der Waals surface area contributed by atoms with Crippen molar-refractivity contribution in [1.82, 2.24) is 5.16 Å². The molecule has 1 fully saturated rings. The van der Waals surface area contributed by atoms with Crippen molar-refractivity contribution in [3.63, 3.8) is 0 Å². The van der Waals surface area contributed by atoms with Crippen molar-refractivity contribution < 1.29 is 17.7 Å². The normalized spacial score (nSPS) is 19.0. The Morgan fingerprint density at radius 1 is 1.24 bits per heavy atom. The van der Waals surface area contributed by atoms with Crippen LogP contribution in [0.3, 0.4) is 0 Å². The lowest BCUT2D eigenvalue weighted by Gasteiger charge is -2.08. The summed E-state index contributed by atoms with van der Waals surface area (Å²) < 4.78 is 34.8. The summed E-state index contributed by atoms with van der Waals surface area (Å²) >= 11 is 0. The molecule has 6 heteroatoms. The maximum Gasteiger partial charge on any atom is 0.160 e. The van der Waals surface area contributed by atoms with Gasteiger partial charge in [0.1, 0.15) is 11.4 Å². The summed E-state index contributed by atoms with van der Waals surface area (Å²) in [6.07, 6.45) is 1.57. The summed E-state index contributed by atoms with van der Waals surface area (Å²) in [5.74, 6) is 0.285. The fourth-order valence-electron chi connectivity index (χ4n) is 2.46. The maximum absolute atomic E-state index is 12.1. The summed E-state index contributed by atoms with van der Waals surface area (Å²) in [6.45, 7) is 0.653. The topological polar surface area (TPSA) is 69.4 Å². The van der Waals surface area contributed by atoms with Crippen molar-refractivity contribution in [2.45, 2.75) is 24.7 Å². The third-order valence-corrected chi connectivity index (χ3v) is 5.06. The lowest BCUT2D eigenvalue weighted by Crippen LogP contribution is -2.21. The second-order valence-electron chi connectivity index (χ2n) is 5.23. The molecule has 112 valence electrons. The van der Waals surface area contributed by atoms with Crippen molar-refractivity contribution in [1.29, 1.82) is 0 Å². The highest BCUT2D eigenvalue weighted by Gasteiger charge is 2.25. The average molecular weight is 307 g/mol. The molecule has 3 rings (SSSR count). The van der Waals surface area contributed by atoms with Gasteiger partial charge < -0.3 is 9.26 Å². The van der Waals surface area contributed by atoms with Gasteiger partial charge in [0.25, 0.3) is 0 Å². The molecule has 0 saturated carbocycles. The highest BCUT2D eigenvalue weighted by Crippen LogP contribution is 2.21. The van der Waals surface area contributed by atoms with Crippen molar-refractivity contribution in [3.8, 4) is 11.3 Å². The monoisotopic (exact) mass is 307 g/mol. The second-order valence-corrected chi connectivity index (χ2v) is 7.34. The predicted molar refractivity (Wildman–Crippen MR) is 78.4 cm³/mol. The van der Waals surface area contributed by atoms with E-state index in [1.807, 2.05) is 30.3 Å². The van der Waals surface area contributed by atoms with E-state index in [1.54, 1.807) is 6.07 Å². The van der Waals surface area contributed by atoms with Gasteiger partial charge in [0.05, 0.1) is 11.9 Å². The van der Waals surface area contributed by atoms with E-state index in [0.29, 0.717) is 18.1 Å². The number of hydrogen-bond acceptors (Lipinski definition) is 5. The van der Waals surface area contributed by atoms with Crippen molar-refractivity contribution in [2.24, 2.45) is 0 Å². The summed E-state index contributed by atoms with van der Waals surface area (Å²) in [6, 6.07) is 11.2. The lowest BCUT2D eigenvalue weighted by atomic mass is 10.1. The molecule has 1 aromatic carbocycles. The van der Waals surface area contributed by atoms with Gasteiger partial charge in [0.15, 0.2) is 15.6 Å². The minimum absolute atomic E-state index is 0.0500. The van der Waals surface area contributed by atoms with Crippen LogP contribution in [0.2, 0.25) is 0 Å². The zero-order chi connectivity index (χ0) is 14.7. The highest BCUT2D eigenvalue weighted by atomic mass is 32.2. The molecule has 1 aromatic heterocycles. The van der Waals surface area contributed by atoms with Crippen LogP contribution >= 0.6 is 0 Å². The molecule has 0 N–H and O–H groups in total. The summed E-state index contributed by atoms with van der Waals surface area (Å²) in [5, 5.41) is 3.93. The molecule has 5 nitrogen and oxygen atoms in total. The van der Waals surface area contributed by atoms with Gasteiger partial charge >= 0.3 is 0 Å². The number of aromatic nitrogens is 1. The largest absolute Gasteiger partial charge is 0.377 e. The van der Waals surface area contributed by atoms with Crippen LogP contribution in [0.15, 0.2) is 40.9 Å². The number of nitrogens with zero attached hydrogens (tertiary/aromatic N) is 1. The van der Waals surface area contributed by atoms with E-state index in [9.17, 15) is 8.42 Å². The van der Waals surface area contributed by atoms with Crippen LogP contribution in [0.5, 0.6) is 0 Å². The van der Waals surface area contributed by atoms with Crippen LogP contribution in [0.4, 0.5) is 0 Å². The molecule has 0 amide bonds. The Hall–Kier alpha value is -1.66. The molecule has 21 heavy (non-hydrogen) atoms. The number of rotatable bonds is 5. The van der Waals surface area contributed by atoms with Gasteiger partial charge in [-0.15, -0.1) is 0 Å². The molecule has 0 aliphatic carbocycles. The van der Waals surface area contributed by atoms with Crippen LogP contribution in [-0.4, -0.2) is 32.0 Å². The Morgan fingerprint density at radius 3 is 2.76 bits per heavy atom. The predicted octanol–water partition coefficient (Wildman–Crippen LogP) is 2.44. The second kappa shape index (κ2) is 5.99. The van der Waals surface area contributed by atoms with Crippen LogP contribution < -0.4 is 0 Å². The molecular weight excluding hydrogens is 290 g/mol. The molecule has 2 heterocycles. The van der Waals surface area contributed by atoms with Crippen LogP contribution in [0.1, 0.15) is 18.6 Å². The molecule has 1 saturated heterocycles. The van der Waals surface area contributed by atoms with E-state index in [2.05, 4.69) is 5.16 Å². The molecule has 0 radical (unpaired) electrons. The summed E-state index contributed by atoms with van der Waals surface area (Å²) in [7, 11) is -3.25.